The van der Waals surface area contributed by atoms with Gasteiger partial charge in [0.1, 0.15) is 4.90 Å². The first kappa shape index (κ1) is 14.9. The Kier molecular flexibility index (Phi) is 3.79. The minimum absolute atomic E-state index is 0.125. The molecule has 1 heterocycles. The maximum Gasteiger partial charge on any atom is 0.335 e. The molecule has 0 aliphatic carbocycles. The number of hydrogen-bond acceptors (Lipinski definition) is 3. The van der Waals surface area contributed by atoms with Crippen molar-refractivity contribution >= 4 is 16.0 Å². The predicted molar refractivity (Wildman–Crippen MR) is 65.9 cm³/mol. The topological polar surface area (TPSA) is 74.7 Å². The van der Waals surface area contributed by atoms with Gasteiger partial charge in [-0.25, -0.2) is 22.0 Å². The van der Waals surface area contributed by atoms with Crippen molar-refractivity contribution in [2.24, 2.45) is 5.92 Å². The van der Waals surface area contributed by atoms with E-state index in [-0.39, 0.29) is 19.0 Å². The van der Waals surface area contributed by atoms with Crippen LogP contribution in [0, 0.1) is 17.6 Å². The number of carbonyl (C=O) groups is 1. The molecule has 0 radical (unpaired) electrons. The second-order valence-corrected chi connectivity index (χ2v) is 6.74. The number of aromatic carboxylic acids is 1. The molecule has 8 heteroatoms. The van der Waals surface area contributed by atoms with Crippen LogP contribution in [0.2, 0.25) is 0 Å². The molecule has 0 saturated carbocycles. The molecule has 2 rings (SSSR count). The van der Waals surface area contributed by atoms with Gasteiger partial charge in [-0.1, -0.05) is 6.92 Å². The fourth-order valence-electron chi connectivity index (χ4n) is 2.13. The standard InChI is InChI=1S/C12H13F2NO4S/c1-7-2-3-15(6-7)20(18,19)10-5-8(12(16)17)4-9(13)11(10)14/h4-5,7H,2-3,6H2,1H3,(H,16,17). The highest BCUT2D eigenvalue weighted by Gasteiger charge is 2.34. The number of rotatable bonds is 3. The van der Waals surface area contributed by atoms with Gasteiger partial charge in [-0.05, 0) is 24.5 Å². The zero-order chi connectivity index (χ0) is 15.1. The average molecular weight is 305 g/mol. The van der Waals surface area contributed by atoms with E-state index in [9.17, 15) is 22.0 Å². The van der Waals surface area contributed by atoms with E-state index in [4.69, 9.17) is 5.11 Å². The molecule has 20 heavy (non-hydrogen) atoms. The fourth-order valence-corrected chi connectivity index (χ4v) is 3.80. The zero-order valence-electron chi connectivity index (χ0n) is 10.6. The average Bonchev–Trinajstić information content (AvgIpc) is 2.79. The van der Waals surface area contributed by atoms with Crippen LogP contribution in [-0.4, -0.2) is 36.9 Å². The molecule has 110 valence electrons. The van der Waals surface area contributed by atoms with Crippen LogP contribution < -0.4 is 0 Å². The Morgan fingerprint density at radius 2 is 2.05 bits per heavy atom. The number of carboxylic acid groups (broad SMARTS) is 1. The predicted octanol–water partition coefficient (Wildman–Crippen LogP) is 1.69. The molecule has 1 aromatic rings. The molecular formula is C12H13F2NO4S. The number of sulfonamides is 1. The summed E-state index contributed by atoms with van der Waals surface area (Å²) in [6, 6.07) is 1.11. The van der Waals surface area contributed by atoms with Crippen molar-refractivity contribution in [1.82, 2.24) is 4.31 Å². The Balaban J connectivity index is 2.54. The van der Waals surface area contributed by atoms with Gasteiger partial charge >= 0.3 is 5.97 Å². The lowest BCUT2D eigenvalue weighted by Gasteiger charge is -2.17. The summed E-state index contributed by atoms with van der Waals surface area (Å²) in [5.41, 5.74) is -0.602. The van der Waals surface area contributed by atoms with Crippen LogP contribution >= 0.6 is 0 Å². The van der Waals surface area contributed by atoms with Gasteiger partial charge in [0, 0.05) is 13.1 Å². The van der Waals surface area contributed by atoms with Crippen LogP contribution in [0.4, 0.5) is 8.78 Å². The SMILES string of the molecule is CC1CCN(S(=O)(=O)c2cc(C(=O)O)cc(F)c2F)C1. The molecule has 0 spiro atoms. The van der Waals surface area contributed by atoms with Gasteiger partial charge in [-0.3, -0.25) is 0 Å². The van der Waals surface area contributed by atoms with Gasteiger partial charge < -0.3 is 5.11 Å². The lowest BCUT2D eigenvalue weighted by Crippen LogP contribution is -2.29. The highest BCUT2D eigenvalue weighted by molar-refractivity contribution is 7.89. The van der Waals surface area contributed by atoms with Gasteiger partial charge in [0.15, 0.2) is 11.6 Å². The van der Waals surface area contributed by atoms with E-state index in [1.54, 1.807) is 0 Å². The lowest BCUT2D eigenvalue weighted by atomic mass is 10.2. The Morgan fingerprint density at radius 1 is 1.40 bits per heavy atom. The van der Waals surface area contributed by atoms with E-state index in [1.165, 1.54) is 0 Å². The molecule has 1 saturated heterocycles. The van der Waals surface area contributed by atoms with Crippen molar-refractivity contribution in [3.05, 3.63) is 29.3 Å². The number of hydrogen-bond donors (Lipinski definition) is 1. The summed E-state index contributed by atoms with van der Waals surface area (Å²) in [7, 11) is -4.23. The summed E-state index contributed by atoms with van der Waals surface area (Å²) in [4.78, 5) is 9.89. The Bertz CT molecular complexity index is 660. The largest absolute Gasteiger partial charge is 0.478 e. The van der Waals surface area contributed by atoms with Crippen molar-refractivity contribution in [3.8, 4) is 0 Å². The van der Waals surface area contributed by atoms with Crippen molar-refractivity contribution in [1.29, 1.82) is 0 Å². The van der Waals surface area contributed by atoms with Crippen molar-refractivity contribution in [2.75, 3.05) is 13.1 Å². The van der Waals surface area contributed by atoms with Crippen LogP contribution in [0.1, 0.15) is 23.7 Å². The summed E-state index contributed by atoms with van der Waals surface area (Å²) < 4.78 is 52.6. The van der Waals surface area contributed by atoms with Crippen LogP contribution in [0.25, 0.3) is 0 Å². The summed E-state index contributed by atoms with van der Waals surface area (Å²) in [5.74, 6) is -4.43. The Morgan fingerprint density at radius 3 is 2.55 bits per heavy atom. The van der Waals surface area contributed by atoms with E-state index < -0.39 is 38.1 Å². The molecule has 0 aromatic heterocycles. The van der Waals surface area contributed by atoms with Gasteiger partial charge in [-0.15, -0.1) is 0 Å². The summed E-state index contributed by atoms with van der Waals surface area (Å²) in [5, 5.41) is 8.80. The lowest BCUT2D eigenvalue weighted by molar-refractivity contribution is 0.0696. The molecule has 1 aliphatic heterocycles. The quantitative estimate of drug-likeness (QED) is 0.922. The summed E-state index contributed by atoms with van der Waals surface area (Å²) >= 11 is 0. The van der Waals surface area contributed by atoms with Crippen LogP contribution in [0.5, 0.6) is 0 Å². The van der Waals surface area contributed by atoms with Gasteiger partial charge in [0.25, 0.3) is 0 Å². The third-order valence-corrected chi connectivity index (χ3v) is 5.11. The van der Waals surface area contributed by atoms with E-state index in [0.29, 0.717) is 18.6 Å². The molecule has 1 atom stereocenters. The number of nitrogens with zero attached hydrogens (tertiary/aromatic N) is 1. The first-order chi connectivity index (χ1) is 9.23. The summed E-state index contributed by atoms with van der Waals surface area (Å²) in [6.45, 7) is 2.27. The molecule has 1 N–H and O–H groups in total. The molecule has 0 amide bonds. The number of halogens is 2. The Hall–Kier alpha value is -1.54. The first-order valence-electron chi connectivity index (χ1n) is 5.96. The third-order valence-electron chi connectivity index (χ3n) is 3.25. The smallest absolute Gasteiger partial charge is 0.335 e. The third kappa shape index (κ3) is 2.53. The highest BCUT2D eigenvalue weighted by Crippen LogP contribution is 2.27. The first-order valence-corrected chi connectivity index (χ1v) is 7.40. The van der Waals surface area contributed by atoms with E-state index >= 15 is 0 Å². The van der Waals surface area contributed by atoms with Crippen LogP contribution in [0.3, 0.4) is 0 Å². The maximum absolute atomic E-state index is 13.7. The molecule has 1 fully saturated rings. The second kappa shape index (κ2) is 5.10. The van der Waals surface area contributed by atoms with Crippen molar-refractivity contribution in [3.63, 3.8) is 0 Å². The monoisotopic (exact) mass is 305 g/mol. The van der Waals surface area contributed by atoms with Gasteiger partial charge in [0.05, 0.1) is 5.56 Å². The van der Waals surface area contributed by atoms with E-state index in [1.807, 2.05) is 6.92 Å². The Labute approximate surface area is 114 Å². The van der Waals surface area contributed by atoms with Crippen molar-refractivity contribution < 1.29 is 27.1 Å². The number of benzene rings is 1. The van der Waals surface area contributed by atoms with E-state index in [0.717, 1.165) is 4.31 Å². The molecular weight excluding hydrogens is 292 g/mol. The minimum atomic E-state index is -4.23. The highest BCUT2D eigenvalue weighted by atomic mass is 32.2. The minimum Gasteiger partial charge on any atom is -0.478 e. The summed E-state index contributed by atoms with van der Waals surface area (Å²) in [6.07, 6.45) is 0.627. The zero-order valence-corrected chi connectivity index (χ0v) is 11.5. The van der Waals surface area contributed by atoms with Crippen molar-refractivity contribution in [2.45, 2.75) is 18.2 Å². The van der Waals surface area contributed by atoms with E-state index in [2.05, 4.69) is 0 Å². The van der Waals surface area contributed by atoms with Crippen LogP contribution in [-0.2, 0) is 10.0 Å². The van der Waals surface area contributed by atoms with Crippen LogP contribution in [0.15, 0.2) is 17.0 Å². The second-order valence-electron chi connectivity index (χ2n) is 4.83. The molecule has 0 bridgehead atoms. The molecule has 1 aliphatic rings. The molecule has 1 aromatic carbocycles. The molecule has 1 unspecified atom stereocenters. The van der Waals surface area contributed by atoms with Gasteiger partial charge in [0.2, 0.25) is 10.0 Å². The normalized spacial score (nSPS) is 20.2. The number of carboxylic acids is 1. The fraction of sp³-hybridized carbons (Fsp3) is 0.417. The molecule has 5 nitrogen and oxygen atoms in total. The maximum atomic E-state index is 13.7. The van der Waals surface area contributed by atoms with Gasteiger partial charge in [-0.2, -0.15) is 4.31 Å².